The van der Waals surface area contributed by atoms with E-state index in [2.05, 4.69) is 0 Å². The van der Waals surface area contributed by atoms with E-state index in [4.69, 9.17) is 15.9 Å². The smallest absolute Gasteiger partial charge is 0.320 e. The van der Waals surface area contributed by atoms with Crippen LogP contribution in [-0.4, -0.2) is 28.3 Å². The number of rotatable bonds is 2. The second kappa shape index (κ2) is 7.06. The van der Waals surface area contributed by atoms with Crippen molar-refractivity contribution in [1.29, 1.82) is 0 Å². The molecule has 74 valence electrons. The highest BCUT2D eigenvalue weighted by molar-refractivity contribution is 5.73. The van der Waals surface area contributed by atoms with Crippen molar-refractivity contribution in [2.75, 3.05) is 0 Å². The fourth-order valence-electron chi connectivity index (χ4n) is 0.285. The number of hydrogen-bond donors (Lipinski definition) is 3. The van der Waals surface area contributed by atoms with E-state index in [1.54, 1.807) is 27.7 Å². The number of nitrogens with two attached hydrogens (primary N) is 1. The molecule has 1 atom stereocenters. The van der Waals surface area contributed by atoms with Gasteiger partial charge in [0.25, 0.3) is 0 Å². The third kappa shape index (κ3) is 12.1. The number of carbonyl (C=O) groups is 1. The van der Waals surface area contributed by atoms with Gasteiger partial charge in [0.15, 0.2) is 0 Å². The zero-order valence-corrected chi connectivity index (χ0v) is 8.11. The SMILES string of the molecule is CC(C)C(N)C(=O)O.CC(C)O. The number of aliphatic hydroxyl groups is 1. The van der Waals surface area contributed by atoms with E-state index in [0.29, 0.717) is 0 Å². The van der Waals surface area contributed by atoms with Crippen LogP contribution in [-0.2, 0) is 4.79 Å². The van der Waals surface area contributed by atoms with Crippen molar-refractivity contribution in [3.05, 3.63) is 0 Å². The lowest BCUT2D eigenvalue weighted by molar-refractivity contribution is -0.139. The molecule has 0 radical (unpaired) electrons. The third-order valence-electron chi connectivity index (χ3n) is 1.00. The van der Waals surface area contributed by atoms with Crippen LogP contribution in [0.2, 0.25) is 0 Å². The number of carboxylic acid groups (broad SMARTS) is 1. The van der Waals surface area contributed by atoms with Crippen LogP contribution in [0.3, 0.4) is 0 Å². The standard InChI is InChI=1S/C5H11NO2.C3H8O/c1-3(2)4(6)5(7)8;1-3(2)4/h3-4H,6H2,1-2H3,(H,7,8);3-4H,1-2H3. The Morgan fingerprint density at radius 1 is 1.25 bits per heavy atom. The first-order valence-corrected chi connectivity index (χ1v) is 3.95. The normalized spacial score (nSPS) is 12.3. The minimum atomic E-state index is -0.931. The van der Waals surface area contributed by atoms with Gasteiger partial charge < -0.3 is 15.9 Å². The summed E-state index contributed by atoms with van der Waals surface area (Å²) in [4.78, 5) is 10.0. The lowest BCUT2D eigenvalue weighted by atomic mass is 10.1. The highest BCUT2D eigenvalue weighted by Crippen LogP contribution is 1.96. The molecule has 0 heterocycles. The van der Waals surface area contributed by atoms with Gasteiger partial charge in [0, 0.05) is 6.10 Å². The summed E-state index contributed by atoms with van der Waals surface area (Å²) in [5.41, 5.74) is 5.16. The molecule has 0 aromatic heterocycles. The van der Waals surface area contributed by atoms with E-state index in [1.165, 1.54) is 0 Å². The van der Waals surface area contributed by atoms with Gasteiger partial charge in [-0.2, -0.15) is 0 Å². The Morgan fingerprint density at radius 3 is 1.50 bits per heavy atom. The van der Waals surface area contributed by atoms with Crippen LogP contribution in [0.4, 0.5) is 0 Å². The lowest BCUT2D eigenvalue weighted by Crippen LogP contribution is -2.34. The van der Waals surface area contributed by atoms with Crippen LogP contribution in [0.5, 0.6) is 0 Å². The Morgan fingerprint density at radius 2 is 1.50 bits per heavy atom. The molecule has 0 spiro atoms. The predicted octanol–water partition coefficient (Wildman–Crippen LogP) is 0.441. The summed E-state index contributed by atoms with van der Waals surface area (Å²) in [6.45, 7) is 7.00. The van der Waals surface area contributed by atoms with Gasteiger partial charge in [0.1, 0.15) is 6.04 Å². The van der Waals surface area contributed by atoms with Crippen molar-refractivity contribution in [1.82, 2.24) is 0 Å². The van der Waals surface area contributed by atoms with Gasteiger partial charge in [-0.3, -0.25) is 4.79 Å². The Hall–Kier alpha value is -0.610. The maximum atomic E-state index is 10.0. The first-order valence-electron chi connectivity index (χ1n) is 3.95. The topological polar surface area (TPSA) is 83.6 Å². The molecule has 0 aromatic rings. The number of carboxylic acids is 1. The third-order valence-corrected chi connectivity index (χ3v) is 1.00. The van der Waals surface area contributed by atoms with Crippen molar-refractivity contribution in [2.45, 2.75) is 39.8 Å². The van der Waals surface area contributed by atoms with E-state index in [1.807, 2.05) is 0 Å². The van der Waals surface area contributed by atoms with Crippen LogP contribution in [0, 0.1) is 5.92 Å². The molecular formula is C8H19NO3. The monoisotopic (exact) mass is 177 g/mol. The van der Waals surface area contributed by atoms with Gasteiger partial charge in [-0.1, -0.05) is 13.8 Å². The number of aliphatic hydroxyl groups excluding tert-OH is 1. The molecule has 4 N–H and O–H groups in total. The molecule has 0 saturated carbocycles. The van der Waals surface area contributed by atoms with Crippen LogP contribution in [0.25, 0.3) is 0 Å². The zero-order valence-electron chi connectivity index (χ0n) is 8.11. The van der Waals surface area contributed by atoms with Gasteiger partial charge in [-0.15, -0.1) is 0 Å². The maximum Gasteiger partial charge on any atom is 0.320 e. The summed E-state index contributed by atoms with van der Waals surface area (Å²) in [6.07, 6.45) is -0.167. The first-order chi connectivity index (χ1) is 5.29. The van der Waals surface area contributed by atoms with Crippen molar-refractivity contribution < 1.29 is 15.0 Å². The van der Waals surface area contributed by atoms with Crippen LogP contribution in [0.15, 0.2) is 0 Å². The van der Waals surface area contributed by atoms with Crippen molar-refractivity contribution in [3.8, 4) is 0 Å². The van der Waals surface area contributed by atoms with Crippen molar-refractivity contribution in [3.63, 3.8) is 0 Å². The molecule has 1 unspecified atom stereocenters. The second-order valence-electron chi connectivity index (χ2n) is 3.20. The van der Waals surface area contributed by atoms with Crippen molar-refractivity contribution >= 4 is 5.97 Å². The second-order valence-corrected chi connectivity index (χ2v) is 3.20. The van der Waals surface area contributed by atoms with E-state index in [9.17, 15) is 4.79 Å². The van der Waals surface area contributed by atoms with Crippen LogP contribution in [0.1, 0.15) is 27.7 Å². The molecule has 12 heavy (non-hydrogen) atoms. The van der Waals surface area contributed by atoms with E-state index in [-0.39, 0.29) is 12.0 Å². The molecule has 0 aliphatic heterocycles. The Bertz CT molecular complexity index is 121. The molecule has 4 heteroatoms. The fraction of sp³-hybridized carbons (Fsp3) is 0.875. The molecule has 0 rings (SSSR count). The molecule has 0 aromatic carbocycles. The number of aliphatic carboxylic acids is 1. The van der Waals surface area contributed by atoms with Crippen molar-refractivity contribution in [2.24, 2.45) is 11.7 Å². The first kappa shape index (κ1) is 13.9. The maximum absolute atomic E-state index is 10.0. The van der Waals surface area contributed by atoms with E-state index < -0.39 is 12.0 Å². The minimum Gasteiger partial charge on any atom is -0.480 e. The zero-order chi connectivity index (χ0) is 10.3. The molecule has 0 aliphatic carbocycles. The molecular weight excluding hydrogens is 158 g/mol. The highest BCUT2D eigenvalue weighted by atomic mass is 16.4. The van der Waals surface area contributed by atoms with Gasteiger partial charge >= 0.3 is 5.97 Å². The van der Waals surface area contributed by atoms with E-state index in [0.717, 1.165) is 0 Å². The summed E-state index contributed by atoms with van der Waals surface area (Å²) in [5, 5.41) is 16.3. The molecule has 0 fully saturated rings. The average molecular weight is 177 g/mol. The van der Waals surface area contributed by atoms with Crippen LogP contribution >= 0.6 is 0 Å². The molecule has 0 amide bonds. The molecule has 0 bridgehead atoms. The summed E-state index contributed by atoms with van der Waals surface area (Å²) in [6, 6.07) is -0.713. The fourth-order valence-corrected chi connectivity index (χ4v) is 0.285. The summed E-state index contributed by atoms with van der Waals surface area (Å²) in [5.74, 6) is -0.910. The summed E-state index contributed by atoms with van der Waals surface area (Å²) < 4.78 is 0. The molecule has 4 nitrogen and oxygen atoms in total. The largest absolute Gasteiger partial charge is 0.480 e. The predicted molar refractivity (Wildman–Crippen MR) is 47.8 cm³/mol. The molecule has 0 aliphatic rings. The summed E-state index contributed by atoms with van der Waals surface area (Å²) in [7, 11) is 0. The summed E-state index contributed by atoms with van der Waals surface area (Å²) >= 11 is 0. The molecule has 0 saturated heterocycles. The Kier molecular flexibility index (Phi) is 8.21. The highest BCUT2D eigenvalue weighted by Gasteiger charge is 2.14. The van der Waals surface area contributed by atoms with E-state index >= 15 is 0 Å². The minimum absolute atomic E-state index is 0.0208. The number of hydrogen-bond acceptors (Lipinski definition) is 3. The van der Waals surface area contributed by atoms with Gasteiger partial charge in [-0.05, 0) is 19.8 Å². The van der Waals surface area contributed by atoms with Crippen LogP contribution < -0.4 is 5.73 Å². The lowest BCUT2D eigenvalue weighted by Gasteiger charge is -2.07. The quantitative estimate of drug-likeness (QED) is 0.571. The van der Waals surface area contributed by atoms with Gasteiger partial charge in [0.2, 0.25) is 0 Å². The average Bonchev–Trinajstić information content (AvgIpc) is 1.84. The Labute approximate surface area is 73.4 Å². The van der Waals surface area contributed by atoms with Gasteiger partial charge in [0.05, 0.1) is 0 Å². The van der Waals surface area contributed by atoms with Gasteiger partial charge in [-0.25, -0.2) is 0 Å². The Balaban J connectivity index is 0.